The van der Waals surface area contributed by atoms with Crippen LogP contribution in [0, 0.1) is 0 Å². The molecule has 0 atom stereocenters. The maximum atomic E-state index is 12.5. The Hall–Kier alpha value is -3.31. The lowest BCUT2D eigenvalue weighted by Crippen LogP contribution is -2.14. The summed E-state index contributed by atoms with van der Waals surface area (Å²) in [4.78, 5) is 0.167. The van der Waals surface area contributed by atoms with Gasteiger partial charge in [-0.15, -0.1) is 0 Å². The fraction of sp³-hybridized carbons (Fsp3) is 0.0833. The summed E-state index contributed by atoms with van der Waals surface area (Å²) in [5.74, 6) is 0.526. The van der Waals surface area contributed by atoms with Gasteiger partial charge in [0.25, 0.3) is 0 Å². The molecule has 4 aromatic carbocycles. The first-order chi connectivity index (χ1) is 14.0. The number of rotatable bonds is 6. The fourth-order valence-corrected chi connectivity index (χ4v) is 4.30. The predicted molar refractivity (Wildman–Crippen MR) is 115 cm³/mol. The van der Waals surface area contributed by atoms with Crippen LogP contribution < -0.4 is 4.74 Å². The third-order valence-corrected chi connectivity index (χ3v) is 6.43. The predicted octanol–water partition coefficient (Wildman–Crippen LogP) is 5.07. The van der Waals surface area contributed by atoms with Crippen LogP contribution in [0.3, 0.4) is 0 Å². The largest absolute Gasteiger partial charge is 0.508 e. The third kappa shape index (κ3) is 4.25. The Morgan fingerprint density at radius 3 is 2.07 bits per heavy atom. The highest BCUT2D eigenvalue weighted by molar-refractivity contribution is 7.91. The van der Waals surface area contributed by atoms with Crippen LogP contribution in [0.5, 0.6) is 11.5 Å². The molecule has 0 fully saturated rings. The molecule has 146 valence electrons. The molecule has 0 aromatic heterocycles. The van der Waals surface area contributed by atoms with E-state index in [1.165, 1.54) is 24.3 Å². The van der Waals surface area contributed by atoms with Crippen LogP contribution in [-0.4, -0.2) is 25.9 Å². The molecule has 0 aliphatic heterocycles. The lowest BCUT2D eigenvalue weighted by Gasteiger charge is -2.14. The van der Waals surface area contributed by atoms with Crippen LogP contribution in [0.2, 0.25) is 0 Å². The van der Waals surface area contributed by atoms with E-state index in [0.29, 0.717) is 5.75 Å². The van der Waals surface area contributed by atoms with Gasteiger partial charge < -0.3 is 9.84 Å². The molecule has 4 aromatic rings. The summed E-state index contributed by atoms with van der Waals surface area (Å²) in [6.45, 7) is 0.0292. The summed E-state index contributed by atoms with van der Waals surface area (Å²) < 4.78 is 31.0. The van der Waals surface area contributed by atoms with Gasteiger partial charge in [-0.1, -0.05) is 54.6 Å². The molecule has 0 unspecified atom stereocenters. The van der Waals surface area contributed by atoms with Crippen molar-refractivity contribution in [3.63, 3.8) is 0 Å². The molecule has 0 heterocycles. The molecule has 0 radical (unpaired) electrons. The highest BCUT2D eigenvalue weighted by Crippen LogP contribution is 2.34. The molecule has 0 saturated heterocycles. The minimum absolute atomic E-state index is 0.0292. The molecule has 0 bridgehead atoms. The molecule has 4 rings (SSSR count). The van der Waals surface area contributed by atoms with Gasteiger partial charge in [0.15, 0.2) is 9.84 Å². The second kappa shape index (κ2) is 7.97. The Morgan fingerprint density at radius 1 is 0.759 bits per heavy atom. The van der Waals surface area contributed by atoms with E-state index >= 15 is 0 Å². The molecule has 0 spiro atoms. The van der Waals surface area contributed by atoms with E-state index in [2.05, 4.69) is 6.07 Å². The quantitative estimate of drug-likeness (QED) is 0.488. The second-order valence-corrected chi connectivity index (χ2v) is 8.83. The molecular weight excluding hydrogens is 384 g/mol. The van der Waals surface area contributed by atoms with Crippen LogP contribution in [-0.2, 0) is 9.84 Å². The van der Waals surface area contributed by atoms with Crippen molar-refractivity contribution >= 4 is 20.6 Å². The number of hydrogen-bond donors (Lipinski definition) is 1. The number of benzene rings is 4. The Morgan fingerprint density at radius 2 is 1.38 bits per heavy atom. The van der Waals surface area contributed by atoms with E-state index in [1.54, 1.807) is 0 Å². The van der Waals surface area contributed by atoms with Crippen molar-refractivity contribution in [1.82, 2.24) is 0 Å². The normalized spacial score (nSPS) is 11.4. The summed E-state index contributed by atoms with van der Waals surface area (Å²) in [7, 11) is -3.50. The average Bonchev–Trinajstić information content (AvgIpc) is 2.74. The van der Waals surface area contributed by atoms with Gasteiger partial charge in [0, 0.05) is 5.56 Å². The van der Waals surface area contributed by atoms with E-state index in [1.807, 2.05) is 60.7 Å². The maximum Gasteiger partial charge on any atom is 0.181 e. The van der Waals surface area contributed by atoms with Crippen LogP contribution in [0.25, 0.3) is 21.9 Å². The molecule has 0 aliphatic carbocycles. The number of fused-ring (bicyclic) bond motifs is 1. The molecule has 29 heavy (non-hydrogen) atoms. The zero-order valence-corrected chi connectivity index (χ0v) is 16.5. The maximum absolute atomic E-state index is 12.5. The van der Waals surface area contributed by atoms with E-state index in [4.69, 9.17) is 4.74 Å². The lowest BCUT2D eigenvalue weighted by molar-refractivity contribution is 0.342. The smallest absolute Gasteiger partial charge is 0.181 e. The van der Waals surface area contributed by atoms with E-state index < -0.39 is 9.84 Å². The van der Waals surface area contributed by atoms with Gasteiger partial charge in [0.1, 0.15) is 18.1 Å². The molecule has 4 nitrogen and oxygen atoms in total. The topological polar surface area (TPSA) is 63.6 Å². The van der Waals surface area contributed by atoms with Crippen LogP contribution in [0.1, 0.15) is 0 Å². The first-order valence-electron chi connectivity index (χ1n) is 9.26. The second-order valence-electron chi connectivity index (χ2n) is 6.72. The van der Waals surface area contributed by atoms with Gasteiger partial charge in [-0.25, -0.2) is 8.42 Å². The molecule has 1 N–H and O–H groups in total. The molecular formula is C24H20O4S. The zero-order valence-electron chi connectivity index (χ0n) is 15.7. The first-order valence-corrected chi connectivity index (χ1v) is 10.9. The lowest BCUT2D eigenvalue weighted by atomic mass is 10.00. The van der Waals surface area contributed by atoms with E-state index in [0.717, 1.165) is 21.9 Å². The van der Waals surface area contributed by atoms with Crippen LogP contribution in [0.4, 0.5) is 0 Å². The number of ether oxygens (including phenoxy) is 1. The number of hydrogen-bond acceptors (Lipinski definition) is 4. The van der Waals surface area contributed by atoms with E-state index in [-0.39, 0.29) is 23.0 Å². The van der Waals surface area contributed by atoms with Gasteiger partial charge in [0.2, 0.25) is 0 Å². The van der Waals surface area contributed by atoms with Crippen molar-refractivity contribution in [3.05, 3.63) is 91.0 Å². The third-order valence-electron chi connectivity index (χ3n) is 4.74. The highest BCUT2D eigenvalue weighted by Gasteiger charge is 2.16. The summed E-state index contributed by atoms with van der Waals surface area (Å²) in [5, 5.41) is 11.5. The van der Waals surface area contributed by atoms with Crippen molar-refractivity contribution < 1.29 is 18.3 Å². The summed E-state index contributed by atoms with van der Waals surface area (Å²) in [6, 6.07) is 27.4. The molecule has 0 saturated carbocycles. The van der Waals surface area contributed by atoms with Crippen LogP contribution in [0.15, 0.2) is 95.9 Å². The van der Waals surface area contributed by atoms with E-state index in [9.17, 15) is 13.5 Å². The highest BCUT2D eigenvalue weighted by atomic mass is 32.2. The Kier molecular flexibility index (Phi) is 5.23. The molecule has 0 amide bonds. The minimum atomic E-state index is -3.50. The summed E-state index contributed by atoms with van der Waals surface area (Å²) in [5.41, 5.74) is 1.93. The Bertz CT molecular complexity index is 1230. The number of phenols is 1. The SMILES string of the molecule is O=S(=O)(CCOc1cc2ccccc2cc1-c1ccccc1)c1ccc(O)cc1. The minimum Gasteiger partial charge on any atom is -0.508 e. The van der Waals surface area contributed by atoms with Crippen molar-refractivity contribution in [2.45, 2.75) is 4.90 Å². The van der Waals surface area contributed by atoms with Crippen LogP contribution >= 0.6 is 0 Å². The number of aromatic hydroxyl groups is 1. The van der Waals surface area contributed by atoms with Gasteiger partial charge in [-0.3, -0.25) is 0 Å². The van der Waals surface area contributed by atoms with Gasteiger partial charge in [-0.05, 0) is 52.7 Å². The molecule has 5 heteroatoms. The average molecular weight is 404 g/mol. The van der Waals surface area contributed by atoms with Gasteiger partial charge >= 0.3 is 0 Å². The van der Waals surface area contributed by atoms with Gasteiger partial charge in [0.05, 0.1) is 10.6 Å². The Labute approximate surface area is 169 Å². The standard InChI is InChI=1S/C24H20O4S/c25-21-10-12-22(13-11-21)29(26,27)15-14-28-24-17-20-9-5-4-8-19(20)16-23(24)18-6-2-1-3-7-18/h1-13,16-17,25H,14-15H2. The number of sulfone groups is 1. The van der Waals surface area contributed by atoms with Crippen molar-refractivity contribution in [2.24, 2.45) is 0 Å². The first kappa shape index (κ1) is 19.0. The van der Waals surface area contributed by atoms with Crippen molar-refractivity contribution in [3.8, 4) is 22.6 Å². The summed E-state index contributed by atoms with van der Waals surface area (Å²) >= 11 is 0. The van der Waals surface area contributed by atoms with Gasteiger partial charge in [-0.2, -0.15) is 0 Å². The van der Waals surface area contributed by atoms with Crippen molar-refractivity contribution in [1.29, 1.82) is 0 Å². The number of phenolic OH excluding ortho intramolecular Hbond substituents is 1. The fourth-order valence-electron chi connectivity index (χ4n) is 3.21. The summed E-state index contributed by atoms with van der Waals surface area (Å²) in [6.07, 6.45) is 0. The monoisotopic (exact) mass is 404 g/mol. The van der Waals surface area contributed by atoms with Crippen molar-refractivity contribution in [2.75, 3.05) is 12.4 Å². The molecule has 0 aliphatic rings. The Balaban J connectivity index is 1.61. The zero-order chi connectivity index (χ0) is 20.3.